The smallest absolute Gasteiger partial charge is 0.130 e. The lowest BCUT2D eigenvalue weighted by atomic mass is 10.3. The fourth-order valence-corrected chi connectivity index (χ4v) is 0.385. The highest BCUT2D eigenvalue weighted by Gasteiger charge is 1.88. The minimum atomic E-state index is 0.0231. The molecule has 0 aromatic carbocycles. The van der Waals surface area contributed by atoms with Gasteiger partial charge in [-0.25, -0.2) is 0 Å². The van der Waals surface area contributed by atoms with Gasteiger partial charge in [-0.1, -0.05) is 6.58 Å². The molecule has 0 N–H and O–H groups in total. The lowest BCUT2D eigenvalue weighted by Gasteiger charge is -1.80. The van der Waals surface area contributed by atoms with Gasteiger partial charge in [0.2, 0.25) is 0 Å². The fourth-order valence-electron chi connectivity index (χ4n) is 0.256. The first-order valence-corrected chi connectivity index (χ1v) is 2.55. The average molecular weight is 136 g/mol. The predicted octanol–water partition coefficient (Wildman–Crippen LogP) is 1.40. The highest BCUT2D eigenvalue weighted by molar-refractivity contribution is 7.84. The van der Waals surface area contributed by atoms with Gasteiger partial charge in [0.15, 0.2) is 0 Å². The standard InChI is InChI=1S/C6H4N2S/c1-5(9)2-6(3-7)4-8/h2,9H,1H2. The summed E-state index contributed by atoms with van der Waals surface area (Å²) in [6.07, 6.45) is 1.31. The molecular weight excluding hydrogens is 132 g/mol. The number of rotatable bonds is 1. The topological polar surface area (TPSA) is 47.6 Å². The third kappa shape index (κ3) is 3.40. The molecule has 0 aliphatic rings. The first kappa shape index (κ1) is 7.81. The maximum absolute atomic E-state index is 8.16. The second-order valence-electron chi connectivity index (χ2n) is 1.27. The molecule has 0 saturated heterocycles. The van der Waals surface area contributed by atoms with E-state index in [-0.39, 0.29) is 5.57 Å². The quantitative estimate of drug-likeness (QED) is 0.336. The Morgan fingerprint density at radius 2 is 1.89 bits per heavy atom. The summed E-state index contributed by atoms with van der Waals surface area (Å²) < 4.78 is 0. The molecule has 0 saturated carbocycles. The van der Waals surface area contributed by atoms with Crippen LogP contribution in [0.2, 0.25) is 0 Å². The van der Waals surface area contributed by atoms with Crippen LogP contribution in [0.1, 0.15) is 0 Å². The molecular formula is C6H4N2S. The fraction of sp³-hybridized carbons (Fsp3) is 0. The van der Waals surface area contributed by atoms with Gasteiger partial charge < -0.3 is 0 Å². The Morgan fingerprint density at radius 3 is 2.00 bits per heavy atom. The Labute approximate surface area is 59.1 Å². The van der Waals surface area contributed by atoms with E-state index in [0.717, 1.165) is 0 Å². The third-order valence-corrected chi connectivity index (χ3v) is 0.681. The van der Waals surface area contributed by atoms with Crippen molar-refractivity contribution in [2.75, 3.05) is 0 Å². The maximum Gasteiger partial charge on any atom is 0.130 e. The third-order valence-electron chi connectivity index (χ3n) is 0.552. The monoisotopic (exact) mass is 136 g/mol. The van der Waals surface area contributed by atoms with Crippen LogP contribution in [0.3, 0.4) is 0 Å². The van der Waals surface area contributed by atoms with Crippen LogP contribution in [0.4, 0.5) is 0 Å². The van der Waals surface area contributed by atoms with Gasteiger partial charge in [-0.15, -0.1) is 12.6 Å². The number of hydrogen-bond donors (Lipinski definition) is 1. The summed E-state index contributed by atoms with van der Waals surface area (Å²) in [5.41, 5.74) is 0.0231. The van der Waals surface area contributed by atoms with Gasteiger partial charge in [-0.05, 0) is 11.0 Å². The molecule has 0 amide bonds. The Morgan fingerprint density at radius 1 is 1.44 bits per heavy atom. The van der Waals surface area contributed by atoms with Crippen molar-refractivity contribution in [3.8, 4) is 12.1 Å². The van der Waals surface area contributed by atoms with E-state index in [1.54, 1.807) is 12.1 Å². The molecule has 0 aromatic rings. The van der Waals surface area contributed by atoms with Gasteiger partial charge in [0.1, 0.15) is 17.7 Å². The average Bonchev–Trinajstić information content (AvgIpc) is 1.82. The lowest BCUT2D eigenvalue weighted by molar-refractivity contribution is 1.46. The van der Waals surface area contributed by atoms with Crippen molar-refractivity contribution >= 4 is 12.6 Å². The first-order chi connectivity index (χ1) is 4.20. The van der Waals surface area contributed by atoms with Gasteiger partial charge in [0.05, 0.1) is 0 Å². The normalized spacial score (nSPS) is 6.56. The van der Waals surface area contributed by atoms with E-state index in [1.807, 2.05) is 0 Å². The summed E-state index contributed by atoms with van der Waals surface area (Å²) >= 11 is 3.77. The summed E-state index contributed by atoms with van der Waals surface area (Å²) in [6, 6.07) is 3.35. The maximum atomic E-state index is 8.16. The van der Waals surface area contributed by atoms with Gasteiger partial charge >= 0.3 is 0 Å². The number of nitrogens with zero attached hydrogens (tertiary/aromatic N) is 2. The van der Waals surface area contributed by atoms with Gasteiger partial charge in [-0.3, -0.25) is 0 Å². The number of hydrogen-bond acceptors (Lipinski definition) is 3. The highest BCUT2D eigenvalue weighted by atomic mass is 32.1. The second-order valence-corrected chi connectivity index (χ2v) is 1.85. The van der Waals surface area contributed by atoms with Crippen molar-refractivity contribution in [3.63, 3.8) is 0 Å². The molecule has 0 aliphatic carbocycles. The van der Waals surface area contributed by atoms with Crippen molar-refractivity contribution in [1.82, 2.24) is 0 Å². The molecule has 0 atom stereocenters. The zero-order valence-corrected chi connectivity index (χ0v) is 5.52. The van der Waals surface area contributed by atoms with Crippen LogP contribution in [-0.2, 0) is 0 Å². The van der Waals surface area contributed by atoms with E-state index in [2.05, 4.69) is 19.2 Å². The molecule has 0 rings (SSSR count). The van der Waals surface area contributed by atoms with Crippen LogP contribution < -0.4 is 0 Å². The van der Waals surface area contributed by atoms with Gasteiger partial charge in [0.25, 0.3) is 0 Å². The summed E-state index contributed by atoms with van der Waals surface area (Å²) in [5, 5.41) is 16.3. The van der Waals surface area contributed by atoms with E-state index >= 15 is 0 Å². The molecule has 0 unspecified atom stereocenters. The predicted molar refractivity (Wildman–Crippen MR) is 37.4 cm³/mol. The second kappa shape index (κ2) is 3.77. The molecule has 44 valence electrons. The largest absolute Gasteiger partial charge is 0.192 e. The van der Waals surface area contributed by atoms with Crippen LogP contribution in [0.25, 0.3) is 0 Å². The summed E-state index contributed by atoms with van der Waals surface area (Å²) in [6.45, 7) is 3.38. The molecule has 0 heterocycles. The molecule has 0 bridgehead atoms. The van der Waals surface area contributed by atoms with E-state index in [0.29, 0.717) is 4.91 Å². The Kier molecular flexibility index (Phi) is 3.27. The van der Waals surface area contributed by atoms with E-state index < -0.39 is 0 Å². The summed E-state index contributed by atoms with van der Waals surface area (Å²) in [5.74, 6) is 0. The van der Waals surface area contributed by atoms with Gasteiger partial charge in [0, 0.05) is 0 Å². The number of nitriles is 2. The first-order valence-electron chi connectivity index (χ1n) is 2.10. The highest BCUT2D eigenvalue weighted by Crippen LogP contribution is 2.01. The van der Waals surface area contributed by atoms with Crippen molar-refractivity contribution in [2.45, 2.75) is 0 Å². The summed E-state index contributed by atoms with van der Waals surface area (Å²) in [7, 11) is 0. The van der Waals surface area contributed by atoms with E-state index in [1.165, 1.54) is 6.08 Å². The molecule has 3 heteroatoms. The van der Waals surface area contributed by atoms with Crippen molar-refractivity contribution in [3.05, 3.63) is 23.1 Å². The minimum Gasteiger partial charge on any atom is -0.192 e. The van der Waals surface area contributed by atoms with Crippen molar-refractivity contribution in [1.29, 1.82) is 10.5 Å². The SMILES string of the molecule is C=C(S)C=C(C#N)C#N. The summed E-state index contributed by atoms with van der Waals surface area (Å²) in [4.78, 5) is 0.410. The molecule has 0 aliphatic heterocycles. The van der Waals surface area contributed by atoms with Crippen LogP contribution in [0.15, 0.2) is 23.1 Å². The molecule has 0 radical (unpaired) electrons. The number of allylic oxidation sites excluding steroid dienone is 2. The molecule has 9 heavy (non-hydrogen) atoms. The number of thiol groups is 1. The Balaban J connectivity index is 4.37. The van der Waals surface area contributed by atoms with Crippen molar-refractivity contribution in [2.24, 2.45) is 0 Å². The molecule has 0 spiro atoms. The zero-order valence-electron chi connectivity index (χ0n) is 4.63. The minimum absolute atomic E-state index is 0.0231. The van der Waals surface area contributed by atoms with E-state index in [9.17, 15) is 0 Å². The zero-order chi connectivity index (χ0) is 7.28. The van der Waals surface area contributed by atoms with Crippen LogP contribution in [-0.4, -0.2) is 0 Å². The van der Waals surface area contributed by atoms with E-state index in [4.69, 9.17) is 10.5 Å². The van der Waals surface area contributed by atoms with Gasteiger partial charge in [-0.2, -0.15) is 10.5 Å². The van der Waals surface area contributed by atoms with Crippen molar-refractivity contribution < 1.29 is 0 Å². The lowest BCUT2D eigenvalue weighted by Crippen LogP contribution is -1.69. The van der Waals surface area contributed by atoms with Crippen LogP contribution in [0, 0.1) is 22.7 Å². The molecule has 2 nitrogen and oxygen atoms in total. The molecule has 0 fully saturated rings. The Bertz CT molecular complexity index is 210. The molecule has 0 aromatic heterocycles. The van der Waals surface area contributed by atoms with Crippen LogP contribution in [0.5, 0.6) is 0 Å². The van der Waals surface area contributed by atoms with Crippen LogP contribution >= 0.6 is 12.6 Å². The Hall–Kier alpha value is -1.19.